The first kappa shape index (κ1) is 12.8. The molecule has 1 aromatic heterocycles. The second-order valence-electron chi connectivity index (χ2n) is 3.80. The number of hydrogen-bond acceptors (Lipinski definition) is 4. The van der Waals surface area contributed by atoms with Crippen molar-refractivity contribution >= 4 is 33.0 Å². The summed E-state index contributed by atoms with van der Waals surface area (Å²) in [6.45, 7) is 0.740. The summed E-state index contributed by atoms with van der Waals surface area (Å²) in [7, 11) is 0. The van der Waals surface area contributed by atoms with Crippen LogP contribution >= 0.6 is 22.9 Å². The summed E-state index contributed by atoms with van der Waals surface area (Å²) in [5, 5.41) is 22.8. The van der Waals surface area contributed by atoms with Gasteiger partial charge in [0.15, 0.2) is 0 Å². The van der Waals surface area contributed by atoms with Crippen molar-refractivity contribution in [3.63, 3.8) is 0 Å². The Morgan fingerprint density at radius 3 is 2.82 bits per heavy atom. The third-order valence-corrected chi connectivity index (χ3v) is 4.19. The van der Waals surface area contributed by atoms with Crippen LogP contribution in [0, 0.1) is 0 Å². The lowest BCUT2D eigenvalue weighted by molar-refractivity contribution is 0.0943. The molecule has 3 nitrogen and oxygen atoms in total. The molecule has 0 saturated carbocycles. The molecule has 3 N–H and O–H groups in total. The average Bonchev–Trinajstić information content (AvgIpc) is 2.67. The lowest BCUT2D eigenvalue weighted by Crippen LogP contribution is -2.28. The average molecular weight is 272 g/mol. The Morgan fingerprint density at radius 1 is 1.35 bits per heavy atom. The number of aliphatic hydroxyl groups is 2. The monoisotopic (exact) mass is 271 g/mol. The second kappa shape index (κ2) is 5.80. The zero-order valence-corrected chi connectivity index (χ0v) is 10.8. The Hall–Kier alpha value is -0.650. The normalized spacial score (nSPS) is 13.1. The first-order valence-corrected chi connectivity index (χ1v) is 6.57. The van der Waals surface area contributed by atoms with Crippen LogP contribution < -0.4 is 5.32 Å². The van der Waals surface area contributed by atoms with Crippen LogP contribution in [-0.4, -0.2) is 29.5 Å². The Kier molecular flexibility index (Phi) is 4.36. The molecule has 0 aliphatic heterocycles. The summed E-state index contributed by atoms with van der Waals surface area (Å²) >= 11 is 7.91. The van der Waals surface area contributed by atoms with E-state index in [0.29, 0.717) is 13.1 Å². The van der Waals surface area contributed by atoms with Gasteiger partial charge in [0.2, 0.25) is 0 Å². The molecule has 0 bridgehead atoms. The largest absolute Gasteiger partial charge is 0.394 e. The molecule has 0 amide bonds. The SMILES string of the molecule is OCC(O)CNCc1sc2ccccc2c1Cl. The van der Waals surface area contributed by atoms with Gasteiger partial charge in [-0.25, -0.2) is 0 Å². The molecule has 2 rings (SSSR count). The van der Waals surface area contributed by atoms with Crippen LogP contribution in [0.2, 0.25) is 5.02 Å². The minimum atomic E-state index is -0.719. The lowest BCUT2D eigenvalue weighted by Gasteiger charge is -2.07. The molecule has 0 aliphatic carbocycles. The number of aliphatic hydroxyl groups excluding tert-OH is 2. The van der Waals surface area contributed by atoms with Crippen molar-refractivity contribution in [2.75, 3.05) is 13.2 Å². The molecule has 2 aromatic rings. The van der Waals surface area contributed by atoms with Crippen LogP contribution in [0.1, 0.15) is 4.88 Å². The van der Waals surface area contributed by atoms with Gasteiger partial charge in [0.1, 0.15) is 0 Å². The zero-order chi connectivity index (χ0) is 12.3. The van der Waals surface area contributed by atoms with Crippen LogP contribution in [0.5, 0.6) is 0 Å². The molecular formula is C12H14ClNO2S. The van der Waals surface area contributed by atoms with E-state index in [1.165, 1.54) is 0 Å². The van der Waals surface area contributed by atoms with Crippen molar-refractivity contribution in [3.8, 4) is 0 Å². The van der Waals surface area contributed by atoms with Gasteiger partial charge < -0.3 is 15.5 Å². The Labute approximate surface area is 109 Å². The summed E-state index contributed by atoms with van der Waals surface area (Å²) in [6.07, 6.45) is -0.719. The van der Waals surface area contributed by atoms with Crippen molar-refractivity contribution < 1.29 is 10.2 Å². The molecule has 0 radical (unpaired) electrons. The number of nitrogens with one attached hydrogen (secondary N) is 1. The number of thiophene rings is 1. The van der Waals surface area contributed by atoms with Crippen molar-refractivity contribution in [3.05, 3.63) is 34.2 Å². The van der Waals surface area contributed by atoms with Crippen LogP contribution in [0.3, 0.4) is 0 Å². The molecule has 92 valence electrons. The highest BCUT2D eigenvalue weighted by Crippen LogP contribution is 2.34. The summed E-state index contributed by atoms with van der Waals surface area (Å²) in [5.41, 5.74) is 0. The third kappa shape index (κ3) is 2.97. The van der Waals surface area contributed by atoms with E-state index in [2.05, 4.69) is 5.32 Å². The number of rotatable bonds is 5. The van der Waals surface area contributed by atoms with E-state index in [9.17, 15) is 5.11 Å². The number of benzene rings is 1. The number of hydrogen-bond donors (Lipinski definition) is 3. The Balaban J connectivity index is 2.06. The molecule has 1 heterocycles. The van der Waals surface area contributed by atoms with E-state index < -0.39 is 6.10 Å². The highest BCUT2D eigenvalue weighted by atomic mass is 35.5. The fraction of sp³-hybridized carbons (Fsp3) is 0.333. The Morgan fingerprint density at radius 2 is 2.12 bits per heavy atom. The van der Waals surface area contributed by atoms with Gasteiger partial charge >= 0.3 is 0 Å². The lowest BCUT2D eigenvalue weighted by atomic mass is 10.2. The summed E-state index contributed by atoms with van der Waals surface area (Å²) in [5.74, 6) is 0. The first-order chi connectivity index (χ1) is 8.22. The molecule has 0 saturated heterocycles. The molecule has 0 fully saturated rings. The third-order valence-electron chi connectivity index (χ3n) is 2.48. The maximum absolute atomic E-state index is 9.20. The molecule has 1 aromatic carbocycles. The second-order valence-corrected chi connectivity index (χ2v) is 5.32. The predicted octanol–water partition coefficient (Wildman–Crippen LogP) is 2.00. The fourth-order valence-electron chi connectivity index (χ4n) is 1.60. The fourth-order valence-corrected chi connectivity index (χ4v) is 3.06. The van der Waals surface area contributed by atoms with Crippen LogP contribution in [0.15, 0.2) is 24.3 Å². The van der Waals surface area contributed by atoms with Gasteiger partial charge in [-0.1, -0.05) is 29.8 Å². The van der Waals surface area contributed by atoms with Crippen molar-refractivity contribution in [2.45, 2.75) is 12.6 Å². The standard InChI is InChI=1S/C12H14ClNO2S/c13-12-9-3-1-2-4-10(9)17-11(12)6-14-5-8(16)7-15/h1-4,8,14-16H,5-7H2. The van der Waals surface area contributed by atoms with E-state index in [4.69, 9.17) is 16.7 Å². The van der Waals surface area contributed by atoms with E-state index in [1.807, 2.05) is 24.3 Å². The zero-order valence-electron chi connectivity index (χ0n) is 9.19. The van der Waals surface area contributed by atoms with Gasteiger partial charge in [-0.2, -0.15) is 0 Å². The summed E-state index contributed by atoms with van der Waals surface area (Å²) in [6, 6.07) is 7.99. The molecule has 0 spiro atoms. The number of halogens is 1. The smallest absolute Gasteiger partial charge is 0.0895 e. The van der Waals surface area contributed by atoms with Crippen molar-refractivity contribution in [1.82, 2.24) is 5.32 Å². The van der Waals surface area contributed by atoms with E-state index in [1.54, 1.807) is 11.3 Å². The van der Waals surface area contributed by atoms with E-state index >= 15 is 0 Å². The highest BCUT2D eigenvalue weighted by molar-refractivity contribution is 7.19. The van der Waals surface area contributed by atoms with E-state index in [0.717, 1.165) is 20.0 Å². The minimum absolute atomic E-state index is 0.229. The van der Waals surface area contributed by atoms with Crippen molar-refractivity contribution in [2.24, 2.45) is 0 Å². The van der Waals surface area contributed by atoms with E-state index in [-0.39, 0.29) is 6.61 Å². The van der Waals surface area contributed by atoms with Crippen molar-refractivity contribution in [1.29, 1.82) is 0 Å². The van der Waals surface area contributed by atoms with Gasteiger partial charge in [0, 0.05) is 28.1 Å². The molecule has 1 unspecified atom stereocenters. The molecule has 0 aliphatic rings. The quantitative estimate of drug-likeness (QED) is 0.780. The Bertz CT molecular complexity index is 500. The first-order valence-electron chi connectivity index (χ1n) is 5.38. The molecular weight excluding hydrogens is 258 g/mol. The summed E-state index contributed by atoms with van der Waals surface area (Å²) < 4.78 is 1.16. The molecule has 17 heavy (non-hydrogen) atoms. The van der Waals surface area contributed by atoms with Crippen LogP contribution in [0.4, 0.5) is 0 Å². The van der Waals surface area contributed by atoms with Gasteiger partial charge in [-0.15, -0.1) is 11.3 Å². The molecule has 1 atom stereocenters. The minimum Gasteiger partial charge on any atom is -0.394 e. The van der Waals surface area contributed by atoms with Crippen LogP contribution in [0.25, 0.3) is 10.1 Å². The maximum atomic E-state index is 9.20. The highest BCUT2D eigenvalue weighted by Gasteiger charge is 2.09. The maximum Gasteiger partial charge on any atom is 0.0895 e. The molecule has 5 heteroatoms. The predicted molar refractivity (Wildman–Crippen MR) is 71.6 cm³/mol. The van der Waals surface area contributed by atoms with Crippen LogP contribution in [-0.2, 0) is 6.54 Å². The topological polar surface area (TPSA) is 52.5 Å². The van der Waals surface area contributed by atoms with Gasteiger partial charge in [0.05, 0.1) is 17.7 Å². The van der Waals surface area contributed by atoms with Gasteiger partial charge in [-0.3, -0.25) is 0 Å². The van der Waals surface area contributed by atoms with Gasteiger partial charge in [-0.05, 0) is 6.07 Å². The summed E-state index contributed by atoms with van der Waals surface area (Å²) in [4.78, 5) is 1.05. The number of fused-ring (bicyclic) bond motifs is 1. The van der Waals surface area contributed by atoms with Gasteiger partial charge in [0.25, 0.3) is 0 Å².